The van der Waals surface area contributed by atoms with Gasteiger partial charge in [0.05, 0.1) is 10.9 Å². The van der Waals surface area contributed by atoms with Gasteiger partial charge in [0.15, 0.2) is 0 Å². The first-order chi connectivity index (χ1) is 7.56. The number of nitrogen functional groups attached to an aromatic ring is 1. The van der Waals surface area contributed by atoms with E-state index in [9.17, 15) is 4.79 Å². The Kier molecular flexibility index (Phi) is 3.02. The minimum atomic E-state index is -0.204. The maximum absolute atomic E-state index is 11.6. The van der Waals surface area contributed by atoms with E-state index in [1.807, 2.05) is 18.4 Å². The van der Waals surface area contributed by atoms with Gasteiger partial charge in [0.1, 0.15) is 0 Å². The van der Waals surface area contributed by atoms with Crippen molar-refractivity contribution in [2.45, 2.75) is 4.90 Å². The van der Waals surface area contributed by atoms with E-state index in [2.05, 4.69) is 15.8 Å². The Bertz CT molecular complexity index is 621. The van der Waals surface area contributed by atoms with Crippen LogP contribution in [0, 0.1) is 0 Å². The number of hydrogen-bond donors (Lipinski definition) is 2. The third kappa shape index (κ3) is 2.28. The number of H-pyrrole nitrogens is 1. The number of anilines is 1. The number of benzene rings is 1. The van der Waals surface area contributed by atoms with Gasteiger partial charge in [-0.3, -0.25) is 9.78 Å². The van der Waals surface area contributed by atoms with Crippen molar-refractivity contribution in [2.24, 2.45) is 0 Å². The summed E-state index contributed by atoms with van der Waals surface area (Å²) in [5.74, 6) is 4.06. The van der Waals surface area contributed by atoms with Crippen molar-refractivity contribution in [2.75, 3.05) is 12.0 Å². The molecule has 0 radical (unpaired) electrons. The summed E-state index contributed by atoms with van der Waals surface area (Å²) in [7, 11) is 1.62. The van der Waals surface area contributed by atoms with Gasteiger partial charge in [-0.15, -0.1) is 9.52 Å². The van der Waals surface area contributed by atoms with E-state index >= 15 is 0 Å². The zero-order valence-electron chi connectivity index (χ0n) is 8.69. The second-order valence-corrected chi connectivity index (χ2v) is 7.28. The van der Waals surface area contributed by atoms with Gasteiger partial charge in [0, 0.05) is 4.90 Å². The van der Waals surface area contributed by atoms with Gasteiger partial charge in [-0.05, 0) is 24.5 Å². The van der Waals surface area contributed by atoms with Gasteiger partial charge >= 0.3 is 0 Å². The van der Waals surface area contributed by atoms with E-state index in [1.54, 1.807) is 16.9 Å². The monoisotopic (exact) mass is 253 g/mol. The lowest BCUT2D eigenvalue weighted by Crippen LogP contribution is -2.10. The third-order valence-electron chi connectivity index (χ3n) is 1.93. The number of nitrogens with one attached hydrogen (secondary N) is 1. The van der Waals surface area contributed by atoms with Crippen molar-refractivity contribution in [3.8, 4) is 0 Å². The van der Waals surface area contributed by atoms with Crippen LogP contribution < -0.4 is 11.3 Å². The first-order valence-electron chi connectivity index (χ1n) is 4.50. The first kappa shape index (κ1) is 11.2. The van der Waals surface area contributed by atoms with Crippen LogP contribution in [0.2, 0.25) is 0 Å². The van der Waals surface area contributed by atoms with Crippen molar-refractivity contribution in [1.82, 2.24) is 9.97 Å². The molecule has 0 bridgehead atoms. The summed E-state index contributed by atoms with van der Waals surface area (Å²) in [6.07, 6.45) is 2.03. The summed E-state index contributed by atoms with van der Waals surface area (Å²) in [5.41, 5.74) is 5.88. The minimum Gasteiger partial charge on any atom is -0.369 e. The molecule has 4 nitrogen and oxygen atoms in total. The molecular weight excluding hydrogens is 242 g/mol. The van der Waals surface area contributed by atoms with Crippen LogP contribution >= 0.6 is 20.3 Å². The van der Waals surface area contributed by atoms with Gasteiger partial charge in [-0.25, -0.2) is 4.98 Å². The number of nitrogens with two attached hydrogens (primary N) is 1. The van der Waals surface area contributed by atoms with Crippen molar-refractivity contribution in [3.63, 3.8) is 0 Å². The fraction of sp³-hybridized carbons (Fsp3) is 0.100. The van der Waals surface area contributed by atoms with E-state index < -0.39 is 0 Å². The Hall–Kier alpha value is -1.27. The lowest BCUT2D eigenvalue weighted by molar-refractivity contribution is 1.18. The Balaban J connectivity index is 2.62. The first-order valence-corrected chi connectivity index (χ1v) is 7.63. The molecule has 2 aromatic rings. The molecule has 0 aliphatic heterocycles. The molecule has 3 N–H and O–H groups in total. The SMILES string of the molecule is C=S(C)Sc1ccc2nc(N)[nH]c(=O)c2c1. The topological polar surface area (TPSA) is 71.8 Å². The number of nitrogens with zero attached hydrogens (tertiary/aromatic N) is 1. The van der Waals surface area contributed by atoms with Crippen molar-refractivity contribution < 1.29 is 0 Å². The van der Waals surface area contributed by atoms with E-state index in [4.69, 9.17) is 5.73 Å². The zero-order valence-corrected chi connectivity index (χ0v) is 10.3. The maximum Gasteiger partial charge on any atom is 0.260 e. The molecule has 0 saturated heterocycles. The van der Waals surface area contributed by atoms with Gasteiger partial charge in [0.2, 0.25) is 5.95 Å². The van der Waals surface area contributed by atoms with Gasteiger partial charge in [0.25, 0.3) is 5.56 Å². The van der Waals surface area contributed by atoms with Crippen LogP contribution in [0.25, 0.3) is 10.9 Å². The highest BCUT2D eigenvalue weighted by atomic mass is 33.1. The molecule has 1 aromatic heterocycles. The van der Waals surface area contributed by atoms with Crippen LogP contribution in [0.15, 0.2) is 27.9 Å². The molecule has 1 aromatic carbocycles. The smallest absolute Gasteiger partial charge is 0.260 e. The van der Waals surface area contributed by atoms with Crippen molar-refractivity contribution in [3.05, 3.63) is 28.6 Å². The normalized spacial score (nSPS) is 12.8. The quantitative estimate of drug-likeness (QED) is 0.633. The Morgan fingerprint density at radius 3 is 3.00 bits per heavy atom. The number of fused-ring (bicyclic) bond motifs is 1. The molecule has 0 spiro atoms. The van der Waals surface area contributed by atoms with Crippen molar-refractivity contribution >= 4 is 43.0 Å². The van der Waals surface area contributed by atoms with E-state index in [0.29, 0.717) is 10.9 Å². The Labute approximate surface area is 98.6 Å². The fourth-order valence-corrected chi connectivity index (χ4v) is 3.27. The molecule has 0 aliphatic rings. The van der Waals surface area contributed by atoms with E-state index in [1.165, 1.54) is 0 Å². The lowest BCUT2D eigenvalue weighted by atomic mass is 10.2. The Morgan fingerprint density at radius 2 is 2.31 bits per heavy atom. The second kappa shape index (κ2) is 4.31. The summed E-state index contributed by atoms with van der Waals surface area (Å²) in [6.45, 7) is 0. The van der Waals surface area contributed by atoms with Crippen LogP contribution in [0.5, 0.6) is 0 Å². The summed E-state index contributed by atoms with van der Waals surface area (Å²) in [4.78, 5) is 19.2. The lowest BCUT2D eigenvalue weighted by Gasteiger charge is -2.03. The number of hydrogen-bond acceptors (Lipinski definition) is 4. The van der Waals surface area contributed by atoms with E-state index in [-0.39, 0.29) is 21.0 Å². The van der Waals surface area contributed by atoms with Crippen LogP contribution in [-0.4, -0.2) is 22.1 Å². The highest BCUT2D eigenvalue weighted by Crippen LogP contribution is 2.33. The molecule has 6 heteroatoms. The van der Waals surface area contributed by atoms with E-state index in [0.717, 1.165) is 4.90 Å². The molecule has 16 heavy (non-hydrogen) atoms. The predicted octanol–water partition coefficient (Wildman–Crippen LogP) is 1.84. The zero-order chi connectivity index (χ0) is 11.7. The second-order valence-electron chi connectivity index (χ2n) is 3.29. The van der Waals surface area contributed by atoms with Crippen molar-refractivity contribution in [1.29, 1.82) is 0 Å². The highest BCUT2D eigenvalue weighted by Gasteiger charge is 2.03. The fourth-order valence-electron chi connectivity index (χ4n) is 1.35. The minimum absolute atomic E-state index is 0.0111. The molecule has 1 heterocycles. The summed E-state index contributed by atoms with van der Waals surface area (Å²) in [6, 6.07) is 5.55. The number of aromatic amines is 1. The van der Waals surface area contributed by atoms with Crippen LogP contribution in [0.3, 0.4) is 0 Å². The highest BCUT2D eigenvalue weighted by molar-refractivity contribution is 8.83. The predicted molar refractivity (Wildman–Crippen MR) is 73.3 cm³/mol. The van der Waals surface area contributed by atoms with Crippen LogP contribution in [-0.2, 0) is 0 Å². The van der Waals surface area contributed by atoms with Crippen LogP contribution in [0.1, 0.15) is 0 Å². The molecule has 1 atom stereocenters. The standard InChI is InChI=1S/C10H11N3OS2/c1-16(2)15-6-3-4-8-7(5-6)9(14)13-10(11)12-8/h3-5H,1H2,2H3,(H3,11,12,13,14). The summed E-state index contributed by atoms with van der Waals surface area (Å²) < 4.78 is 0. The molecule has 84 valence electrons. The molecule has 0 amide bonds. The van der Waals surface area contributed by atoms with Gasteiger partial charge in [-0.2, -0.15) is 0 Å². The summed E-state index contributed by atoms with van der Waals surface area (Å²) in [5, 5.41) is 0.560. The molecule has 2 rings (SSSR count). The summed E-state index contributed by atoms with van der Waals surface area (Å²) >= 11 is 0. The Morgan fingerprint density at radius 1 is 1.56 bits per heavy atom. The maximum atomic E-state index is 11.6. The van der Waals surface area contributed by atoms with Crippen LogP contribution in [0.4, 0.5) is 5.95 Å². The molecular formula is C10H11N3OS2. The average Bonchev–Trinajstić information content (AvgIpc) is 2.18. The van der Waals surface area contributed by atoms with Gasteiger partial charge in [-0.1, -0.05) is 16.7 Å². The largest absolute Gasteiger partial charge is 0.369 e. The molecule has 0 saturated carbocycles. The molecule has 0 aliphatic carbocycles. The molecule has 1 unspecified atom stereocenters. The average molecular weight is 253 g/mol. The third-order valence-corrected chi connectivity index (χ3v) is 4.10. The number of aromatic nitrogens is 2. The molecule has 0 fully saturated rings. The van der Waals surface area contributed by atoms with Gasteiger partial charge < -0.3 is 5.73 Å². The number of rotatable bonds is 2.